The quantitative estimate of drug-likeness (QED) is 0.551. The Balaban J connectivity index is 0.000000383. The van der Waals surface area contributed by atoms with E-state index in [9.17, 15) is 39.5 Å². The predicted molar refractivity (Wildman–Crippen MR) is 100.0 cm³/mol. The highest BCUT2D eigenvalue weighted by Crippen LogP contribution is 2.37. The summed E-state index contributed by atoms with van der Waals surface area (Å²) in [5.74, 6) is -5.93. The van der Waals surface area contributed by atoms with Crippen molar-refractivity contribution in [2.75, 3.05) is 18.6 Å². The third-order valence-electron chi connectivity index (χ3n) is 4.05. The van der Waals surface area contributed by atoms with Crippen molar-refractivity contribution in [2.45, 2.75) is 31.5 Å². The van der Waals surface area contributed by atoms with Crippen molar-refractivity contribution in [1.29, 1.82) is 0 Å². The van der Waals surface area contributed by atoms with Gasteiger partial charge in [0, 0.05) is 31.3 Å². The minimum Gasteiger partial charge on any atom is -0.481 e. The van der Waals surface area contributed by atoms with E-state index in [0.29, 0.717) is 25.2 Å². The van der Waals surface area contributed by atoms with Crippen LogP contribution in [0.25, 0.3) is 0 Å². The third kappa shape index (κ3) is 9.06. The Hall–Kier alpha value is -3.86. The summed E-state index contributed by atoms with van der Waals surface area (Å²) >= 11 is 0. The number of pyridine rings is 1. The molecule has 2 aromatic rings. The van der Waals surface area contributed by atoms with Crippen molar-refractivity contribution in [3.05, 3.63) is 41.6 Å². The fraction of sp³-hybridized carbons (Fsp3) is 0.389. The topological polar surface area (TPSA) is 126 Å². The largest absolute Gasteiger partial charge is 0.490 e. The Morgan fingerprint density at radius 3 is 1.92 bits per heavy atom. The molecule has 3 heterocycles. The SMILES string of the molecule is COc1ncc(N2CCc3ncncc3C2)cc1C(F)(F)F.O=C(O)C(F)(F)F.O=C(O)C(F)(F)F. The van der Waals surface area contributed by atoms with Crippen LogP contribution in [-0.4, -0.2) is 63.1 Å². The molecule has 0 aromatic carbocycles. The van der Waals surface area contributed by atoms with E-state index < -0.39 is 41.9 Å². The maximum Gasteiger partial charge on any atom is 0.490 e. The number of rotatable bonds is 2. The van der Waals surface area contributed by atoms with Gasteiger partial charge in [0.25, 0.3) is 0 Å². The van der Waals surface area contributed by atoms with Gasteiger partial charge in [-0.1, -0.05) is 0 Å². The highest BCUT2D eigenvalue weighted by molar-refractivity contribution is 5.73. The van der Waals surface area contributed by atoms with Gasteiger partial charge in [-0.05, 0) is 6.07 Å². The average Bonchev–Trinajstić information content (AvgIpc) is 2.77. The van der Waals surface area contributed by atoms with Crippen LogP contribution in [0.4, 0.5) is 45.2 Å². The molecule has 0 saturated carbocycles. The number of alkyl halides is 9. The van der Waals surface area contributed by atoms with Crippen LogP contribution in [-0.2, 0) is 28.7 Å². The summed E-state index contributed by atoms with van der Waals surface area (Å²) < 4.78 is 107. The van der Waals surface area contributed by atoms with Crippen LogP contribution in [0.2, 0.25) is 0 Å². The number of hydrogen-bond acceptors (Lipinski definition) is 7. The zero-order valence-electron chi connectivity index (χ0n) is 17.7. The lowest BCUT2D eigenvalue weighted by molar-refractivity contribution is -0.193. The summed E-state index contributed by atoms with van der Waals surface area (Å²) in [5.41, 5.74) is 1.38. The van der Waals surface area contributed by atoms with Crippen LogP contribution >= 0.6 is 0 Å². The van der Waals surface area contributed by atoms with E-state index in [-0.39, 0.29) is 0 Å². The molecule has 1 aliphatic rings. The Morgan fingerprint density at radius 2 is 1.47 bits per heavy atom. The lowest BCUT2D eigenvalue weighted by Gasteiger charge is -2.30. The fourth-order valence-electron chi connectivity index (χ4n) is 2.47. The van der Waals surface area contributed by atoms with Gasteiger partial charge in [-0.25, -0.2) is 24.5 Å². The van der Waals surface area contributed by atoms with Gasteiger partial charge in [-0.2, -0.15) is 39.5 Å². The number of nitrogens with zero attached hydrogens (tertiary/aromatic N) is 4. The first kappa shape index (κ1) is 30.2. The first-order valence-electron chi connectivity index (χ1n) is 9.12. The summed E-state index contributed by atoms with van der Waals surface area (Å²) in [6.07, 6.45) is -9.46. The lowest BCUT2D eigenvalue weighted by atomic mass is 10.1. The van der Waals surface area contributed by atoms with E-state index in [2.05, 4.69) is 15.0 Å². The molecular weight excluding hydrogens is 523 g/mol. The molecule has 0 bridgehead atoms. The summed E-state index contributed by atoms with van der Waals surface area (Å²) in [6.45, 7) is 1.04. The van der Waals surface area contributed by atoms with E-state index in [1.54, 1.807) is 6.20 Å². The molecule has 18 heteroatoms. The molecular formula is C18H15F9N4O5. The number of aromatic nitrogens is 3. The van der Waals surface area contributed by atoms with E-state index in [4.69, 9.17) is 24.5 Å². The van der Waals surface area contributed by atoms with Gasteiger partial charge < -0.3 is 19.8 Å². The number of methoxy groups -OCH3 is 1. The highest BCUT2D eigenvalue weighted by Gasteiger charge is 2.39. The number of ether oxygens (including phenoxy) is 1. The Morgan fingerprint density at radius 1 is 0.944 bits per heavy atom. The van der Waals surface area contributed by atoms with Crippen LogP contribution in [0.3, 0.4) is 0 Å². The molecule has 2 aromatic heterocycles. The molecule has 0 fully saturated rings. The molecule has 0 amide bonds. The molecule has 0 saturated heterocycles. The summed E-state index contributed by atoms with van der Waals surface area (Å²) in [6, 6.07) is 1.07. The monoisotopic (exact) mass is 538 g/mol. The van der Waals surface area contributed by atoms with Gasteiger partial charge in [0.1, 0.15) is 11.9 Å². The first-order valence-corrected chi connectivity index (χ1v) is 9.12. The van der Waals surface area contributed by atoms with Gasteiger partial charge in [-0.3, -0.25) is 0 Å². The minimum absolute atomic E-state index is 0.405. The molecule has 200 valence electrons. The number of anilines is 1. The molecule has 0 aliphatic carbocycles. The van der Waals surface area contributed by atoms with Gasteiger partial charge in [-0.15, -0.1) is 0 Å². The minimum atomic E-state index is -5.08. The maximum atomic E-state index is 13.1. The van der Waals surface area contributed by atoms with Gasteiger partial charge in [0.15, 0.2) is 0 Å². The van der Waals surface area contributed by atoms with E-state index in [1.165, 1.54) is 19.6 Å². The molecule has 2 N–H and O–H groups in total. The zero-order chi connectivity index (χ0) is 27.9. The second-order valence-electron chi connectivity index (χ2n) is 6.52. The number of carboxylic acids is 2. The van der Waals surface area contributed by atoms with Gasteiger partial charge >= 0.3 is 30.5 Å². The predicted octanol–water partition coefficient (Wildman–Crippen LogP) is 3.73. The maximum absolute atomic E-state index is 13.1. The first-order chi connectivity index (χ1) is 16.4. The smallest absolute Gasteiger partial charge is 0.481 e. The lowest BCUT2D eigenvalue weighted by Crippen LogP contribution is -2.31. The molecule has 0 atom stereocenters. The van der Waals surface area contributed by atoms with E-state index >= 15 is 0 Å². The van der Waals surface area contributed by atoms with Crippen molar-refractivity contribution in [3.63, 3.8) is 0 Å². The second-order valence-corrected chi connectivity index (χ2v) is 6.52. The Bertz CT molecular complexity index is 1030. The van der Waals surface area contributed by atoms with E-state index in [1.807, 2.05) is 4.90 Å². The fourth-order valence-corrected chi connectivity index (χ4v) is 2.47. The zero-order valence-corrected chi connectivity index (χ0v) is 17.7. The van der Waals surface area contributed by atoms with Gasteiger partial charge in [0.2, 0.25) is 5.88 Å². The number of aliphatic carboxylic acids is 2. The number of carboxylic acid groups (broad SMARTS) is 2. The molecule has 0 unspecified atom stereocenters. The van der Waals surface area contributed by atoms with Crippen molar-refractivity contribution in [3.8, 4) is 5.88 Å². The van der Waals surface area contributed by atoms with Crippen molar-refractivity contribution >= 4 is 17.6 Å². The summed E-state index contributed by atoms with van der Waals surface area (Å²) in [4.78, 5) is 31.5. The molecule has 36 heavy (non-hydrogen) atoms. The normalized spacial score (nSPS) is 13.3. The highest BCUT2D eigenvalue weighted by atomic mass is 19.4. The van der Waals surface area contributed by atoms with Crippen LogP contribution in [0.1, 0.15) is 16.8 Å². The molecule has 0 radical (unpaired) electrons. The van der Waals surface area contributed by atoms with Crippen LogP contribution in [0.5, 0.6) is 5.88 Å². The second kappa shape index (κ2) is 11.7. The summed E-state index contributed by atoms with van der Waals surface area (Å²) in [5, 5.41) is 14.2. The van der Waals surface area contributed by atoms with Crippen LogP contribution in [0.15, 0.2) is 24.8 Å². The van der Waals surface area contributed by atoms with Crippen LogP contribution in [0, 0.1) is 0 Å². The molecule has 9 nitrogen and oxygen atoms in total. The van der Waals surface area contributed by atoms with E-state index in [0.717, 1.165) is 17.3 Å². The Labute approximate surface area is 195 Å². The number of hydrogen-bond donors (Lipinski definition) is 2. The Kier molecular flexibility index (Phi) is 9.82. The molecule has 1 aliphatic heterocycles. The van der Waals surface area contributed by atoms with Crippen molar-refractivity contribution < 1.29 is 64.1 Å². The standard InChI is InChI=1S/C14H13F3N4O.2C2HF3O2/c1-22-13-11(14(15,16)17)4-10(6-19-13)21-3-2-12-9(7-21)5-18-8-20-12;2*3-2(4,5)1(6)7/h4-6,8H,2-3,7H2,1H3;2*(H,6,7). The molecule has 3 rings (SSSR count). The van der Waals surface area contributed by atoms with Crippen molar-refractivity contribution in [2.24, 2.45) is 0 Å². The third-order valence-corrected chi connectivity index (χ3v) is 4.05. The summed E-state index contributed by atoms with van der Waals surface area (Å²) in [7, 11) is 1.17. The van der Waals surface area contributed by atoms with Crippen LogP contribution < -0.4 is 9.64 Å². The number of carbonyl (C=O) groups is 2. The number of halogens is 9. The van der Waals surface area contributed by atoms with Gasteiger partial charge in [0.05, 0.1) is 24.7 Å². The number of fused-ring (bicyclic) bond motifs is 1. The van der Waals surface area contributed by atoms with Crippen molar-refractivity contribution in [1.82, 2.24) is 15.0 Å². The molecule has 0 spiro atoms. The average molecular weight is 538 g/mol.